The van der Waals surface area contributed by atoms with E-state index in [4.69, 9.17) is 4.74 Å². The van der Waals surface area contributed by atoms with Crippen molar-refractivity contribution >= 4 is 17.7 Å². The number of rotatable bonds is 1. The van der Waals surface area contributed by atoms with Gasteiger partial charge in [-0.2, -0.15) is 0 Å². The SMILES string of the molecule is Cc1c(F)ccc2c1CSc1ccccc1[C@H]2N1[C@@H]2COCC3(CC3)N2C(=O)c2c(O)c(=O)ccn21. The zero-order valence-electron chi connectivity index (χ0n) is 19.6. The Labute approximate surface area is 211 Å². The number of amides is 1. The van der Waals surface area contributed by atoms with E-state index in [1.165, 1.54) is 12.1 Å². The maximum Gasteiger partial charge on any atom is 0.278 e. The third kappa shape index (κ3) is 2.90. The van der Waals surface area contributed by atoms with Crippen LogP contribution in [0.2, 0.25) is 0 Å². The molecule has 36 heavy (non-hydrogen) atoms. The first-order chi connectivity index (χ1) is 17.4. The van der Waals surface area contributed by atoms with Gasteiger partial charge in [0.05, 0.1) is 24.8 Å². The zero-order valence-corrected chi connectivity index (χ0v) is 20.4. The number of benzene rings is 2. The van der Waals surface area contributed by atoms with Gasteiger partial charge >= 0.3 is 0 Å². The fourth-order valence-corrected chi connectivity index (χ4v) is 7.19. The maximum absolute atomic E-state index is 14.7. The van der Waals surface area contributed by atoms with Crippen LogP contribution in [0.25, 0.3) is 0 Å². The first-order valence-electron chi connectivity index (χ1n) is 12.1. The molecule has 2 aromatic carbocycles. The van der Waals surface area contributed by atoms with Crippen molar-refractivity contribution < 1.29 is 19.0 Å². The Hall–Kier alpha value is -3.30. The van der Waals surface area contributed by atoms with E-state index in [1.807, 2.05) is 28.1 Å². The van der Waals surface area contributed by atoms with Gasteiger partial charge in [-0.05, 0) is 54.2 Å². The number of aromatic hydroxyl groups is 1. The van der Waals surface area contributed by atoms with Gasteiger partial charge in [0.15, 0.2) is 11.4 Å². The Morgan fingerprint density at radius 3 is 2.72 bits per heavy atom. The van der Waals surface area contributed by atoms with Crippen LogP contribution in [-0.2, 0) is 10.5 Å². The Morgan fingerprint density at radius 1 is 1.11 bits per heavy atom. The summed E-state index contributed by atoms with van der Waals surface area (Å²) in [7, 11) is 0. The summed E-state index contributed by atoms with van der Waals surface area (Å²) in [4.78, 5) is 29.2. The summed E-state index contributed by atoms with van der Waals surface area (Å²) in [5.74, 6) is -0.566. The van der Waals surface area contributed by atoms with Crippen molar-refractivity contribution in [1.82, 2.24) is 9.58 Å². The average molecular weight is 506 g/mol. The lowest BCUT2D eigenvalue weighted by Crippen LogP contribution is -2.70. The van der Waals surface area contributed by atoms with Crippen LogP contribution in [0, 0.1) is 12.7 Å². The Bertz CT molecular complexity index is 1500. The highest BCUT2D eigenvalue weighted by atomic mass is 32.2. The first-order valence-corrected chi connectivity index (χ1v) is 13.0. The number of halogens is 1. The second kappa shape index (κ2) is 7.60. The molecule has 1 aliphatic carbocycles. The van der Waals surface area contributed by atoms with Crippen molar-refractivity contribution in [3.05, 3.63) is 92.6 Å². The predicted molar refractivity (Wildman–Crippen MR) is 132 cm³/mol. The van der Waals surface area contributed by atoms with Crippen molar-refractivity contribution in [2.75, 3.05) is 18.2 Å². The largest absolute Gasteiger partial charge is 0.502 e. The summed E-state index contributed by atoms with van der Waals surface area (Å²) in [5.41, 5.74) is 2.38. The van der Waals surface area contributed by atoms with E-state index >= 15 is 0 Å². The number of hydrogen-bond donors (Lipinski definition) is 1. The van der Waals surface area contributed by atoms with Crippen molar-refractivity contribution in [2.45, 2.75) is 48.2 Å². The number of nitrogens with zero attached hydrogens (tertiary/aromatic N) is 3. The van der Waals surface area contributed by atoms with Crippen LogP contribution in [0.5, 0.6) is 5.75 Å². The van der Waals surface area contributed by atoms with Crippen LogP contribution in [-0.4, -0.2) is 45.5 Å². The standard InChI is InChI=1S/C27H24FN3O4S/c1-15-18-13-36-21-5-3-2-4-17(21)23(16(18)6-7-19(15)28)31-22-12-35-14-27(9-10-27)30(22)26(34)24-25(33)20(32)8-11-29(24)31/h2-8,11,22-23,33H,9-10,12-14H2,1H3/t22-,23+/m1/s1. The molecule has 2 atom stereocenters. The molecular weight excluding hydrogens is 481 g/mol. The maximum atomic E-state index is 14.7. The number of thioether (sulfide) groups is 1. The molecule has 0 unspecified atom stereocenters. The molecule has 1 saturated heterocycles. The van der Waals surface area contributed by atoms with Gasteiger partial charge in [-0.1, -0.05) is 24.3 Å². The van der Waals surface area contributed by atoms with E-state index in [1.54, 1.807) is 29.6 Å². The summed E-state index contributed by atoms with van der Waals surface area (Å²) in [6, 6.07) is 12.3. The van der Waals surface area contributed by atoms with Crippen molar-refractivity contribution in [3.63, 3.8) is 0 Å². The second-order valence-corrected chi connectivity index (χ2v) is 11.0. The molecule has 1 saturated carbocycles. The molecule has 1 spiro atoms. The lowest BCUT2D eigenvalue weighted by Gasteiger charge is -2.54. The lowest BCUT2D eigenvalue weighted by molar-refractivity contribution is -0.0617. The van der Waals surface area contributed by atoms with E-state index in [0.717, 1.165) is 34.4 Å². The minimum absolute atomic E-state index is 0.0401. The van der Waals surface area contributed by atoms with E-state index in [9.17, 15) is 19.1 Å². The van der Waals surface area contributed by atoms with E-state index in [0.29, 0.717) is 17.9 Å². The van der Waals surface area contributed by atoms with Crippen LogP contribution in [0.15, 0.2) is 58.4 Å². The number of hydrogen-bond acceptors (Lipinski definition) is 6. The Kier molecular flexibility index (Phi) is 4.63. The van der Waals surface area contributed by atoms with E-state index in [-0.39, 0.29) is 24.0 Å². The van der Waals surface area contributed by atoms with Crippen molar-refractivity contribution in [3.8, 4) is 5.75 Å². The summed E-state index contributed by atoms with van der Waals surface area (Å²) in [5, 5.41) is 12.9. The molecule has 1 N–H and O–H groups in total. The molecule has 3 aromatic rings. The highest BCUT2D eigenvalue weighted by Crippen LogP contribution is 2.51. The van der Waals surface area contributed by atoms with Gasteiger partial charge in [-0.25, -0.2) is 4.39 Å². The Balaban J connectivity index is 1.54. The molecular formula is C27H24FN3O4S. The highest BCUT2D eigenvalue weighted by molar-refractivity contribution is 7.98. The molecule has 0 radical (unpaired) electrons. The number of carbonyl (C=O) groups excluding carboxylic acids is 1. The zero-order chi connectivity index (χ0) is 24.8. The minimum atomic E-state index is -0.596. The third-order valence-corrected chi connectivity index (χ3v) is 9.13. The predicted octanol–water partition coefficient (Wildman–Crippen LogP) is 3.68. The van der Waals surface area contributed by atoms with Crippen LogP contribution in [0.3, 0.4) is 0 Å². The van der Waals surface area contributed by atoms with Gasteiger partial charge in [0, 0.05) is 22.9 Å². The number of carbonyl (C=O) groups is 1. The fraction of sp³-hybridized carbons (Fsp3) is 0.333. The summed E-state index contributed by atoms with van der Waals surface area (Å²) in [6.07, 6.45) is 2.69. The Morgan fingerprint density at radius 2 is 1.92 bits per heavy atom. The molecule has 3 aliphatic heterocycles. The van der Waals surface area contributed by atoms with Gasteiger partial charge in [0.2, 0.25) is 5.43 Å². The third-order valence-electron chi connectivity index (χ3n) is 8.02. The monoisotopic (exact) mass is 505 g/mol. The van der Waals surface area contributed by atoms with Gasteiger partial charge in [0.1, 0.15) is 12.0 Å². The second-order valence-electron chi connectivity index (χ2n) is 9.97. The summed E-state index contributed by atoms with van der Waals surface area (Å²) >= 11 is 1.66. The van der Waals surface area contributed by atoms with Gasteiger partial charge in [-0.15, -0.1) is 11.8 Å². The smallest absolute Gasteiger partial charge is 0.278 e. The lowest BCUT2D eigenvalue weighted by atomic mass is 9.91. The van der Waals surface area contributed by atoms with E-state index in [2.05, 4.69) is 12.1 Å². The number of ether oxygens (including phenoxy) is 1. The van der Waals surface area contributed by atoms with Crippen LogP contribution in [0.1, 0.15) is 51.6 Å². The molecule has 4 heterocycles. The van der Waals surface area contributed by atoms with Gasteiger partial charge < -0.3 is 14.7 Å². The molecule has 1 amide bonds. The minimum Gasteiger partial charge on any atom is -0.502 e. The molecule has 2 fully saturated rings. The normalized spacial score (nSPS) is 23.4. The molecule has 7 rings (SSSR count). The van der Waals surface area contributed by atoms with Gasteiger partial charge in [0.25, 0.3) is 5.91 Å². The summed E-state index contributed by atoms with van der Waals surface area (Å²) in [6.45, 7) is 2.51. The van der Waals surface area contributed by atoms with Crippen LogP contribution in [0.4, 0.5) is 4.39 Å². The number of fused-ring (bicyclic) bond motifs is 5. The number of pyridine rings is 1. The van der Waals surface area contributed by atoms with Crippen molar-refractivity contribution in [1.29, 1.82) is 0 Å². The van der Waals surface area contributed by atoms with Crippen LogP contribution < -0.4 is 10.4 Å². The topological polar surface area (TPSA) is 75.0 Å². The number of aromatic nitrogens is 1. The highest BCUT2D eigenvalue weighted by Gasteiger charge is 2.60. The first kappa shape index (κ1) is 21.9. The van der Waals surface area contributed by atoms with E-state index < -0.39 is 28.9 Å². The van der Waals surface area contributed by atoms with Crippen LogP contribution >= 0.6 is 11.8 Å². The fourth-order valence-electron chi connectivity index (χ4n) is 5.99. The molecule has 1 aromatic heterocycles. The molecule has 184 valence electrons. The molecule has 0 bridgehead atoms. The average Bonchev–Trinajstić information content (AvgIpc) is 3.66. The molecule has 9 heteroatoms. The summed E-state index contributed by atoms with van der Waals surface area (Å²) < 4.78 is 22.4. The van der Waals surface area contributed by atoms with Gasteiger partial charge in [-0.3, -0.25) is 19.3 Å². The van der Waals surface area contributed by atoms with Crippen molar-refractivity contribution in [2.24, 2.45) is 0 Å². The quantitative estimate of drug-likeness (QED) is 0.544. The number of morpholine rings is 1. The molecule has 7 nitrogen and oxygen atoms in total. The molecule has 4 aliphatic rings.